The van der Waals surface area contributed by atoms with Gasteiger partial charge < -0.3 is 4.74 Å². The van der Waals surface area contributed by atoms with Crippen LogP contribution in [0.2, 0.25) is 0 Å². The van der Waals surface area contributed by atoms with Gasteiger partial charge in [-0.05, 0) is 102 Å². The van der Waals surface area contributed by atoms with Crippen LogP contribution in [0.25, 0.3) is 11.0 Å². The molecule has 2 aliphatic rings. The fourth-order valence-electron chi connectivity index (χ4n) is 6.33. The smallest absolute Gasteiger partial charge is 0.420 e. The molecule has 1 aliphatic carbocycles. The predicted octanol–water partition coefficient (Wildman–Crippen LogP) is 6.48. The van der Waals surface area contributed by atoms with Gasteiger partial charge in [0.1, 0.15) is 11.4 Å². The Bertz CT molecular complexity index is 1700. The van der Waals surface area contributed by atoms with Gasteiger partial charge in [-0.3, -0.25) is 24.4 Å². The molecule has 0 spiro atoms. The van der Waals surface area contributed by atoms with E-state index in [0.717, 1.165) is 42.6 Å². The molecule has 0 bridgehead atoms. The molecule has 2 aromatic carbocycles. The topological polar surface area (TPSA) is 97.6 Å². The number of imidazole rings is 1. The zero-order chi connectivity index (χ0) is 31.0. The number of nitrogens with zero attached hydrogens (tertiary/aromatic N) is 5. The number of hydrogen-bond donors (Lipinski definition) is 0. The van der Waals surface area contributed by atoms with Crippen molar-refractivity contribution in [3.8, 4) is 0 Å². The molecule has 1 unspecified atom stereocenters. The summed E-state index contributed by atoms with van der Waals surface area (Å²) in [6.07, 6.45) is 3.92. The van der Waals surface area contributed by atoms with Crippen LogP contribution in [0.4, 0.5) is 4.79 Å². The van der Waals surface area contributed by atoms with Crippen molar-refractivity contribution in [2.24, 2.45) is 0 Å². The molecule has 0 fully saturated rings. The fourth-order valence-corrected chi connectivity index (χ4v) is 6.33. The van der Waals surface area contributed by atoms with Crippen molar-refractivity contribution in [2.75, 3.05) is 13.1 Å². The average molecular weight is 594 g/mol. The lowest BCUT2D eigenvalue weighted by atomic mass is 9.90. The van der Waals surface area contributed by atoms with Gasteiger partial charge in [0.25, 0.3) is 11.8 Å². The lowest BCUT2D eigenvalue weighted by Gasteiger charge is -2.35. The van der Waals surface area contributed by atoms with Crippen LogP contribution in [-0.2, 0) is 17.7 Å². The summed E-state index contributed by atoms with van der Waals surface area (Å²) in [7, 11) is 0. The number of fused-ring (bicyclic) bond motifs is 3. The largest absolute Gasteiger partial charge is 0.443 e. The number of ether oxygens (including phenoxy) is 1. The summed E-state index contributed by atoms with van der Waals surface area (Å²) < 4.78 is 7.41. The Morgan fingerprint density at radius 3 is 2.39 bits per heavy atom. The highest BCUT2D eigenvalue weighted by Gasteiger charge is 2.35. The van der Waals surface area contributed by atoms with Gasteiger partial charge in [0.15, 0.2) is 0 Å². The number of carbonyl (C=O) groups excluding carboxylic acids is 3. The third-order valence-electron chi connectivity index (χ3n) is 8.34. The summed E-state index contributed by atoms with van der Waals surface area (Å²) in [5.41, 5.74) is 5.04. The average Bonchev–Trinajstić information content (AvgIpc) is 3.47. The molecule has 9 nitrogen and oxygen atoms in total. The molecular weight excluding hydrogens is 554 g/mol. The van der Waals surface area contributed by atoms with E-state index in [1.54, 1.807) is 28.8 Å². The highest BCUT2D eigenvalue weighted by Crippen LogP contribution is 2.35. The summed E-state index contributed by atoms with van der Waals surface area (Å²) in [5, 5.41) is 0. The molecule has 3 heterocycles. The summed E-state index contributed by atoms with van der Waals surface area (Å²) in [5.74, 6) is 0.157. The van der Waals surface area contributed by atoms with Gasteiger partial charge in [-0.15, -0.1) is 0 Å². The third-order valence-corrected chi connectivity index (χ3v) is 8.34. The van der Waals surface area contributed by atoms with Gasteiger partial charge in [-0.25, -0.2) is 14.3 Å². The molecule has 0 N–H and O–H groups in total. The first-order chi connectivity index (χ1) is 21.1. The first-order valence-electron chi connectivity index (χ1n) is 15.5. The molecule has 1 aliphatic heterocycles. The van der Waals surface area contributed by atoms with E-state index in [1.807, 2.05) is 52.0 Å². The summed E-state index contributed by atoms with van der Waals surface area (Å²) in [4.78, 5) is 52.9. The minimum Gasteiger partial charge on any atom is -0.443 e. The Labute approximate surface area is 257 Å². The van der Waals surface area contributed by atoms with Crippen LogP contribution in [0, 0.1) is 6.92 Å². The van der Waals surface area contributed by atoms with E-state index in [-0.39, 0.29) is 17.9 Å². The number of unbranched alkanes of at least 4 members (excludes halogenated alkanes) is 1. The lowest BCUT2D eigenvalue weighted by Crippen LogP contribution is -2.36. The number of carbonyl (C=O) groups is 3. The molecule has 2 aromatic heterocycles. The number of para-hydroxylation sites is 2. The molecule has 228 valence electrons. The van der Waals surface area contributed by atoms with Crippen molar-refractivity contribution < 1.29 is 19.1 Å². The van der Waals surface area contributed by atoms with Crippen LogP contribution in [0.15, 0.2) is 60.7 Å². The lowest BCUT2D eigenvalue weighted by molar-refractivity contribution is 0.0530. The van der Waals surface area contributed by atoms with E-state index < -0.39 is 11.7 Å². The van der Waals surface area contributed by atoms with Crippen molar-refractivity contribution in [3.63, 3.8) is 0 Å². The van der Waals surface area contributed by atoms with Gasteiger partial charge in [0.2, 0.25) is 0 Å². The van der Waals surface area contributed by atoms with E-state index in [9.17, 15) is 14.4 Å². The number of aromatic nitrogens is 3. The van der Waals surface area contributed by atoms with E-state index in [0.29, 0.717) is 48.5 Å². The first kappa shape index (κ1) is 29.7. The molecule has 4 aromatic rings. The number of imide groups is 1. The molecule has 0 radical (unpaired) electrons. The Morgan fingerprint density at radius 1 is 0.955 bits per heavy atom. The summed E-state index contributed by atoms with van der Waals surface area (Å²) in [6.45, 7) is 9.04. The maximum atomic E-state index is 13.5. The second-order valence-corrected chi connectivity index (χ2v) is 12.7. The van der Waals surface area contributed by atoms with Crippen molar-refractivity contribution >= 4 is 28.9 Å². The van der Waals surface area contributed by atoms with Crippen LogP contribution < -0.4 is 0 Å². The van der Waals surface area contributed by atoms with Crippen molar-refractivity contribution in [2.45, 2.75) is 78.0 Å². The molecule has 0 saturated heterocycles. The predicted molar refractivity (Wildman–Crippen MR) is 167 cm³/mol. The van der Waals surface area contributed by atoms with E-state index >= 15 is 0 Å². The van der Waals surface area contributed by atoms with Gasteiger partial charge in [0, 0.05) is 12.2 Å². The quantitative estimate of drug-likeness (QED) is 0.170. The van der Waals surface area contributed by atoms with Crippen molar-refractivity contribution in [1.29, 1.82) is 0 Å². The Morgan fingerprint density at radius 2 is 1.66 bits per heavy atom. The molecular formula is C35H39N5O4. The minimum atomic E-state index is -0.659. The van der Waals surface area contributed by atoms with E-state index in [2.05, 4.69) is 17.0 Å². The normalized spacial score (nSPS) is 16.5. The number of rotatable bonds is 8. The summed E-state index contributed by atoms with van der Waals surface area (Å²) in [6, 6.07) is 18.9. The second-order valence-electron chi connectivity index (χ2n) is 12.7. The van der Waals surface area contributed by atoms with Crippen LogP contribution in [0.1, 0.15) is 96.0 Å². The highest BCUT2D eigenvalue weighted by atomic mass is 16.6. The van der Waals surface area contributed by atoms with Crippen molar-refractivity contribution in [1.82, 2.24) is 24.3 Å². The fraction of sp³-hybridized carbons (Fsp3) is 0.400. The SMILES string of the molecule is Cc1ccc2c(n1)C(N(CCCCN1C(=O)c3ccccc3C1=O)Cc1nc3ccccc3n1C(=O)OC(C)(C)C)CCC2. The molecule has 9 heteroatoms. The minimum absolute atomic E-state index is 0.0462. The second kappa shape index (κ2) is 12.0. The molecule has 1 atom stereocenters. The third kappa shape index (κ3) is 5.88. The number of pyridine rings is 1. The number of aryl methyl sites for hydroxylation is 2. The maximum Gasteiger partial charge on any atom is 0.420 e. The van der Waals surface area contributed by atoms with Crippen molar-refractivity contribution in [3.05, 3.63) is 94.6 Å². The molecule has 2 amide bonds. The monoisotopic (exact) mass is 593 g/mol. The standard InChI is InChI=1S/C35H39N5O4/c1-23-18-19-24-12-11-17-29(31(24)36-23)38(20-9-10-21-39-32(41)25-13-5-6-14-26(25)33(39)42)22-30-37-27-15-7-8-16-28(27)40(30)34(43)44-35(2,3)4/h5-8,13-16,18-19,29H,9-12,17,20-22H2,1-4H3. The zero-order valence-corrected chi connectivity index (χ0v) is 25.9. The number of hydrogen-bond acceptors (Lipinski definition) is 7. The number of benzene rings is 2. The Balaban J connectivity index is 1.27. The molecule has 0 saturated carbocycles. The van der Waals surface area contributed by atoms with E-state index in [1.165, 1.54) is 10.5 Å². The van der Waals surface area contributed by atoms with Gasteiger partial charge in [-0.1, -0.05) is 30.3 Å². The van der Waals surface area contributed by atoms with Crippen LogP contribution in [0.3, 0.4) is 0 Å². The van der Waals surface area contributed by atoms with Crippen LogP contribution in [0.5, 0.6) is 0 Å². The van der Waals surface area contributed by atoms with Gasteiger partial charge in [0.05, 0.1) is 40.4 Å². The van der Waals surface area contributed by atoms with E-state index in [4.69, 9.17) is 14.7 Å². The first-order valence-corrected chi connectivity index (χ1v) is 15.5. The molecule has 44 heavy (non-hydrogen) atoms. The van der Waals surface area contributed by atoms with Gasteiger partial charge in [-0.2, -0.15) is 0 Å². The van der Waals surface area contributed by atoms with Gasteiger partial charge >= 0.3 is 6.09 Å². The number of amides is 2. The summed E-state index contributed by atoms with van der Waals surface area (Å²) >= 11 is 0. The zero-order valence-electron chi connectivity index (χ0n) is 25.9. The molecule has 6 rings (SSSR count). The maximum absolute atomic E-state index is 13.5. The Hall–Kier alpha value is -4.37. The van der Waals surface area contributed by atoms with Crippen LogP contribution in [-0.4, -0.2) is 60.9 Å². The Kier molecular flexibility index (Phi) is 8.07. The van der Waals surface area contributed by atoms with Crippen LogP contribution >= 0.6 is 0 Å². The highest BCUT2D eigenvalue weighted by molar-refractivity contribution is 6.21.